The van der Waals surface area contributed by atoms with E-state index in [2.05, 4.69) is 20.4 Å². The topological polar surface area (TPSA) is 96.2 Å². The first-order valence-electron chi connectivity index (χ1n) is 10.1. The summed E-state index contributed by atoms with van der Waals surface area (Å²) in [6.45, 7) is 8.16. The normalized spacial score (nSPS) is 58.1. The van der Waals surface area contributed by atoms with Crippen LogP contribution in [-0.2, 0) is 14.3 Å². The van der Waals surface area contributed by atoms with Gasteiger partial charge in [0.1, 0.15) is 6.10 Å². The van der Waals surface area contributed by atoms with Gasteiger partial charge >= 0.3 is 0 Å². The number of carbonyl (C=O) groups excluding carboxylic acids is 1. The Balaban J connectivity index is 1.80. The largest absolute Gasteiger partial charge is 0.392 e. The lowest BCUT2D eigenvalue weighted by atomic mass is 9.38. The van der Waals surface area contributed by atoms with E-state index in [4.69, 9.17) is 9.47 Å². The third-order valence-corrected chi connectivity index (χ3v) is 8.91. The van der Waals surface area contributed by atoms with Crippen LogP contribution in [-0.4, -0.2) is 58.9 Å². The Bertz CT molecular complexity index is 717. The van der Waals surface area contributed by atoms with Crippen LogP contribution in [0.1, 0.15) is 39.5 Å². The smallest absolute Gasteiger partial charge is 0.171 e. The molecule has 0 aromatic heterocycles. The standard InChI is InChI=1S/C21H30O6/c1-9-10-7-11-14-20(8-10,16(9)24)17(25)13(23)15-19(2,3)6-5-12(22)21(14,15)18(26-4)27-11/h10-16,18,22-24H,1,5-8H2,2-4H3/t10?,11?,12-,13-,14?,15+,16+,18-,20-,21+/m0/s1. The van der Waals surface area contributed by atoms with Crippen molar-refractivity contribution in [2.24, 2.45) is 34.0 Å². The number of rotatable bonds is 1. The summed E-state index contributed by atoms with van der Waals surface area (Å²) in [4.78, 5) is 13.6. The van der Waals surface area contributed by atoms with E-state index in [1.165, 1.54) is 0 Å². The van der Waals surface area contributed by atoms with Gasteiger partial charge < -0.3 is 24.8 Å². The number of ketones is 1. The van der Waals surface area contributed by atoms with E-state index in [1.807, 2.05) is 0 Å². The maximum atomic E-state index is 13.6. The van der Waals surface area contributed by atoms with E-state index in [1.54, 1.807) is 7.11 Å². The van der Waals surface area contributed by atoms with Crippen LogP contribution >= 0.6 is 0 Å². The molecular formula is C21H30O6. The summed E-state index contributed by atoms with van der Waals surface area (Å²) < 4.78 is 12.1. The van der Waals surface area contributed by atoms with Crippen LogP contribution in [0.5, 0.6) is 0 Å². The summed E-state index contributed by atoms with van der Waals surface area (Å²) in [7, 11) is 1.56. The molecule has 3 unspecified atom stereocenters. The summed E-state index contributed by atoms with van der Waals surface area (Å²) in [5.41, 5.74) is -1.74. The Morgan fingerprint density at radius 1 is 1.22 bits per heavy atom. The van der Waals surface area contributed by atoms with Gasteiger partial charge in [0.2, 0.25) is 0 Å². The van der Waals surface area contributed by atoms with Gasteiger partial charge in [-0.25, -0.2) is 0 Å². The van der Waals surface area contributed by atoms with Crippen molar-refractivity contribution < 1.29 is 29.6 Å². The number of ether oxygens (including phenoxy) is 2. The van der Waals surface area contributed by atoms with Crippen LogP contribution in [0.2, 0.25) is 0 Å². The number of aliphatic hydroxyl groups is 3. The number of methoxy groups -OCH3 is 1. The van der Waals surface area contributed by atoms with E-state index in [9.17, 15) is 20.1 Å². The monoisotopic (exact) mass is 378 g/mol. The maximum absolute atomic E-state index is 13.6. The van der Waals surface area contributed by atoms with Crippen LogP contribution in [0, 0.1) is 34.0 Å². The summed E-state index contributed by atoms with van der Waals surface area (Å²) >= 11 is 0. The third-order valence-electron chi connectivity index (χ3n) is 8.91. The molecule has 2 spiro atoms. The van der Waals surface area contributed by atoms with Crippen molar-refractivity contribution in [1.29, 1.82) is 0 Å². The maximum Gasteiger partial charge on any atom is 0.171 e. The van der Waals surface area contributed by atoms with E-state index in [0.29, 0.717) is 31.3 Å². The first kappa shape index (κ1) is 18.3. The first-order valence-corrected chi connectivity index (χ1v) is 10.1. The highest BCUT2D eigenvalue weighted by Gasteiger charge is 2.82. The van der Waals surface area contributed by atoms with Crippen molar-refractivity contribution in [3.05, 3.63) is 12.2 Å². The van der Waals surface area contributed by atoms with E-state index in [0.717, 1.165) is 0 Å². The van der Waals surface area contributed by atoms with Crippen molar-refractivity contribution in [2.75, 3.05) is 7.11 Å². The number of fused-ring (bicyclic) bond motifs is 1. The molecule has 1 aliphatic heterocycles. The molecule has 1 heterocycles. The molecule has 4 saturated carbocycles. The molecule has 150 valence electrons. The zero-order valence-electron chi connectivity index (χ0n) is 16.2. The molecule has 1 saturated heterocycles. The Kier molecular flexibility index (Phi) is 3.53. The van der Waals surface area contributed by atoms with Crippen LogP contribution in [0.4, 0.5) is 0 Å². The Hall–Kier alpha value is -0.790. The zero-order chi connectivity index (χ0) is 19.5. The van der Waals surface area contributed by atoms with Gasteiger partial charge in [-0.15, -0.1) is 0 Å². The molecule has 0 radical (unpaired) electrons. The third kappa shape index (κ3) is 1.75. The second-order valence-electron chi connectivity index (χ2n) is 10.2. The lowest BCUT2D eigenvalue weighted by Gasteiger charge is -2.65. The summed E-state index contributed by atoms with van der Waals surface area (Å²) in [5.74, 6) is -1.16. The molecule has 5 fully saturated rings. The SMILES string of the molecule is C=C1C2CC3O[C@H](OC)[C@]45C3[C@](C2)(C(=O)[C@@H](O)[C@@H]4C(C)(C)CC[C@@H]5O)[C@@H]1O. The molecule has 4 aliphatic carbocycles. The predicted molar refractivity (Wildman–Crippen MR) is 95.4 cm³/mol. The molecule has 6 nitrogen and oxygen atoms in total. The minimum absolute atomic E-state index is 0.00431. The lowest BCUT2D eigenvalue weighted by Crippen LogP contribution is -2.74. The Morgan fingerprint density at radius 2 is 1.93 bits per heavy atom. The van der Waals surface area contributed by atoms with Gasteiger partial charge in [-0.1, -0.05) is 20.4 Å². The van der Waals surface area contributed by atoms with E-state index < -0.39 is 41.3 Å². The second-order valence-corrected chi connectivity index (χ2v) is 10.2. The van der Waals surface area contributed by atoms with E-state index >= 15 is 0 Å². The molecule has 6 heteroatoms. The number of carbonyl (C=O) groups is 1. The zero-order valence-corrected chi connectivity index (χ0v) is 16.2. The van der Waals surface area contributed by atoms with Gasteiger partial charge in [-0.3, -0.25) is 4.79 Å². The fraction of sp³-hybridized carbons (Fsp3) is 0.857. The quantitative estimate of drug-likeness (QED) is 0.590. The molecular weight excluding hydrogens is 348 g/mol. The molecule has 3 N–H and O–H groups in total. The van der Waals surface area contributed by atoms with E-state index in [-0.39, 0.29) is 29.1 Å². The van der Waals surface area contributed by atoms with Crippen molar-refractivity contribution in [3.8, 4) is 0 Å². The Morgan fingerprint density at radius 3 is 2.59 bits per heavy atom. The fourth-order valence-corrected chi connectivity index (χ4v) is 8.09. The number of hydrogen-bond donors (Lipinski definition) is 3. The Labute approximate surface area is 159 Å². The minimum atomic E-state index is -1.26. The first-order chi connectivity index (χ1) is 12.6. The fourth-order valence-electron chi connectivity index (χ4n) is 8.09. The summed E-state index contributed by atoms with van der Waals surface area (Å²) in [6.07, 6.45) is -1.58. The van der Waals surface area contributed by atoms with Crippen molar-refractivity contribution in [3.63, 3.8) is 0 Å². The summed E-state index contributed by atoms with van der Waals surface area (Å²) in [6, 6.07) is 0. The van der Waals surface area contributed by atoms with Crippen LogP contribution in [0.25, 0.3) is 0 Å². The number of aliphatic hydroxyl groups excluding tert-OH is 3. The van der Waals surface area contributed by atoms with Crippen molar-refractivity contribution in [1.82, 2.24) is 0 Å². The average molecular weight is 378 g/mol. The predicted octanol–water partition coefficient (Wildman–Crippen LogP) is 1.03. The van der Waals surface area contributed by atoms with Crippen LogP contribution in [0.3, 0.4) is 0 Å². The molecule has 10 atom stereocenters. The van der Waals surface area contributed by atoms with Gasteiger partial charge in [0.15, 0.2) is 12.1 Å². The summed E-state index contributed by atoms with van der Waals surface area (Å²) in [5, 5.41) is 33.8. The lowest BCUT2D eigenvalue weighted by molar-refractivity contribution is -0.272. The minimum Gasteiger partial charge on any atom is -0.392 e. The highest BCUT2D eigenvalue weighted by atomic mass is 16.7. The molecule has 0 amide bonds. The highest BCUT2D eigenvalue weighted by Crippen LogP contribution is 2.75. The van der Waals surface area contributed by atoms with Crippen LogP contribution in [0.15, 0.2) is 12.2 Å². The second kappa shape index (κ2) is 5.22. The van der Waals surface area contributed by atoms with Gasteiger partial charge in [-0.05, 0) is 42.6 Å². The van der Waals surface area contributed by atoms with Crippen molar-refractivity contribution >= 4 is 5.78 Å². The van der Waals surface area contributed by atoms with Gasteiger partial charge in [0.05, 0.1) is 29.1 Å². The number of hydrogen-bond acceptors (Lipinski definition) is 6. The van der Waals surface area contributed by atoms with Crippen LogP contribution < -0.4 is 0 Å². The molecule has 5 rings (SSSR count). The molecule has 27 heavy (non-hydrogen) atoms. The van der Waals surface area contributed by atoms with Gasteiger partial charge in [0.25, 0.3) is 0 Å². The van der Waals surface area contributed by atoms with Gasteiger partial charge in [0, 0.05) is 18.9 Å². The molecule has 5 aliphatic rings. The average Bonchev–Trinajstić information content (AvgIpc) is 3.05. The molecule has 0 aromatic rings. The highest BCUT2D eigenvalue weighted by molar-refractivity contribution is 5.93. The molecule has 2 bridgehead atoms. The van der Waals surface area contributed by atoms with Crippen molar-refractivity contribution in [2.45, 2.75) is 70.2 Å². The van der Waals surface area contributed by atoms with Gasteiger partial charge in [-0.2, -0.15) is 0 Å². The number of Topliss-reactive ketones (excluding diaryl/α,β-unsaturated/α-hetero) is 1. The molecule has 0 aromatic carbocycles.